The minimum Gasteiger partial charge on any atom is -0.321 e. The SMILES string of the molecule is Cn1cc(CC(C)(N)c2ccc(Br)cc2Cl)cn1. The molecule has 0 aliphatic heterocycles. The molecule has 5 heteroatoms. The highest BCUT2D eigenvalue weighted by Gasteiger charge is 2.25. The summed E-state index contributed by atoms with van der Waals surface area (Å²) in [6.45, 7) is 1.98. The second-order valence-corrected chi connectivity index (χ2v) is 6.06. The monoisotopic (exact) mass is 327 g/mol. The smallest absolute Gasteiger partial charge is 0.0522 e. The standard InChI is InChI=1S/C13H15BrClN3/c1-13(16,6-9-7-17-18(2)8-9)11-4-3-10(14)5-12(11)15/h3-5,7-8H,6,16H2,1-2H3. The number of nitrogens with zero attached hydrogens (tertiary/aromatic N) is 2. The van der Waals surface area contributed by atoms with Crippen LogP contribution < -0.4 is 5.73 Å². The first-order valence-corrected chi connectivity index (χ1v) is 6.77. The quantitative estimate of drug-likeness (QED) is 0.940. The van der Waals surface area contributed by atoms with E-state index in [1.165, 1.54) is 0 Å². The average Bonchev–Trinajstić information content (AvgIpc) is 2.62. The molecule has 0 bridgehead atoms. The first kappa shape index (κ1) is 13.6. The van der Waals surface area contributed by atoms with Crippen LogP contribution in [0.1, 0.15) is 18.1 Å². The lowest BCUT2D eigenvalue weighted by molar-refractivity contribution is 0.491. The van der Waals surface area contributed by atoms with E-state index in [0.29, 0.717) is 11.4 Å². The number of halogens is 2. The summed E-state index contributed by atoms with van der Waals surface area (Å²) in [5.41, 5.74) is 7.92. The van der Waals surface area contributed by atoms with Crippen LogP contribution in [0.3, 0.4) is 0 Å². The molecule has 0 aliphatic rings. The molecule has 18 heavy (non-hydrogen) atoms. The van der Waals surface area contributed by atoms with Crippen LogP contribution in [-0.2, 0) is 19.0 Å². The lowest BCUT2D eigenvalue weighted by Crippen LogP contribution is -2.35. The molecule has 0 aliphatic carbocycles. The number of nitrogens with two attached hydrogens (primary N) is 1. The molecule has 0 radical (unpaired) electrons. The normalized spacial score (nSPS) is 14.5. The van der Waals surface area contributed by atoms with Crippen LogP contribution in [0.2, 0.25) is 5.02 Å². The van der Waals surface area contributed by atoms with Gasteiger partial charge in [0, 0.05) is 28.3 Å². The third kappa shape index (κ3) is 2.94. The molecule has 1 unspecified atom stereocenters. The number of hydrogen-bond donors (Lipinski definition) is 1. The second-order valence-electron chi connectivity index (χ2n) is 4.74. The Morgan fingerprint density at radius 3 is 2.78 bits per heavy atom. The fraction of sp³-hybridized carbons (Fsp3) is 0.308. The Morgan fingerprint density at radius 1 is 1.50 bits per heavy atom. The van der Waals surface area contributed by atoms with Crippen molar-refractivity contribution in [2.75, 3.05) is 0 Å². The van der Waals surface area contributed by atoms with E-state index >= 15 is 0 Å². The predicted molar refractivity (Wildman–Crippen MR) is 77.6 cm³/mol. The van der Waals surface area contributed by atoms with Crippen molar-refractivity contribution in [1.82, 2.24) is 9.78 Å². The van der Waals surface area contributed by atoms with Crippen molar-refractivity contribution in [2.45, 2.75) is 18.9 Å². The summed E-state index contributed by atoms with van der Waals surface area (Å²) < 4.78 is 2.72. The van der Waals surface area contributed by atoms with Gasteiger partial charge in [-0.05, 0) is 36.6 Å². The van der Waals surface area contributed by atoms with Crippen molar-refractivity contribution in [3.63, 3.8) is 0 Å². The van der Waals surface area contributed by atoms with E-state index in [1.54, 1.807) is 4.68 Å². The Bertz CT molecular complexity index is 563. The van der Waals surface area contributed by atoms with Crippen molar-refractivity contribution in [1.29, 1.82) is 0 Å². The Kier molecular flexibility index (Phi) is 3.80. The molecule has 2 N–H and O–H groups in total. The van der Waals surface area contributed by atoms with Gasteiger partial charge in [0.05, 0.1) is 6.20 Å². The minimum atomic E-state index is -0.513. The lowest BCUT2D eigenvalue weighted by atomic mass is 9.87. The third-order valence-corrected chi connectivity index (χ3v) is 3.68. The van der Waals surface area contributed by atoms with Crippen LogP contribution in [0.5, 0.6) is 0 Å². The Balaban J connectivity index is 2.29. The molecule has 96 valence electrons. The maximum atomic E-state index is 6.39. The minimum absolute atomic E-state index is 0.513. The summed E-state index contributed by atoms with van der Waals surface area (Å²) >= 11 is 9.65. The third-order valence-electron chi connectivity index (χ3n) is 2.88. The first-order chi connectivity index (χ1) is 8.38. The molecule has 0 saturated heterocycles. The van der Waals surface area contributed by atoms with Crippen molar-refractivity contribution < 1.29 is 0 Å². The summed E-state index contributed by atoms with van der Waals surface area (Å²) in [6, 6.07) is 5.78. The van der Waals surface area contributed by atoms with Crippen LogP contribution in [0.25, 0.3) is 0 Å². The maximum Gasteiger partial charge on any atom is 0.0522 e. The molecule has 2 rings (SSSR count). The predicted octanol–water partition coefficient (Wildman–Crippen LogP) is 3.25. The highest BCUT2D eigenvalue weighted by atomic mass is 79.9. The van der Waals surface area contributed by atoms with Gasteiger partial charge in [-0.3, -0.25) is 4.68 Å². The van der Waals surface area contributed by atoms with Gasteiger partial charge in [-0.1, -0.05) is 33.6 Å². The average molecular weight is 329 g/mol. The largest absolute Gasteiger partial charge is 0.321 e. The zero-order valence-corrected chi connectivity index (χ0v) is 12.7. The topological polar surface area (TPSA) is 43.8 Å². The molecule has 1 heterocycles. The van der Waals surface area contributed by atoms with Gasteiger partial charge in [0.15, 0.2) is 0 Å². The Morgan fingerprint density at radius 2 is 2.22 bits per heavy atom. The molecule has 0 fully saturated rings. The van der Waals surface area contributed by atoms with Crippen LogP contribution in [0.15, 0.2) is 35.1 Å². The molecule has 0 saturated carbocycles. The molecular formula is C13H15BrClN3. The van der Waals surface area contributed by atoms with E-state index in [-0.39, 0.29) is 0 Å². The van der Waals surface area contributed by atoms with E-state index < -0.39 is 5.54 Å². The molecular weight excluding hydrogens is 314 g/mol. The summed E-state index contributed by atoms with van der Waals surface area (Å²) in [5.74, 6) is 0. The molecule has 1 aromatic heterocycles. The van der Waals surface area contributed by atoms with E-state index in [4.69, 9.17) is 17.3 Å². The van der Waals surface area contributed by atoms with Gasteiger partial charge in [0.25, 0.3) is 0 Å². The summed E-state index contributed by atoms with van der Waals surface area (Å²) in [7, 11) is 1.89. The highest BCUT2D eigenvalue weighted by molar-refractivity contribution is 9.10. The van der Waals surface area contributed by atoms with Gasteiger partial charge in [0.1, 0.15) is 0 Å². The van der Waals surface area contributed by atoms with Crippen LogP contribution in [0, 0.1) is 0 Å². The second kappa shape index (κ2) is 5.03. The van der Waals surface area contributed by atoms with Gasteiger partial charge in [-0.15, -0.1) is 0 Å². The van der Waals surface area contributed by atoms with E-state index in [2.05, 4.69) is 21.0 Å². The Hall–Kier alpha value is -0.840. The maximum absolute atomic E-state index is 6.39. The molecule has 0 spiro atoms. The summed E-state index contributed by atoms with van der Waals surface area (Å²) in [5, 5.41) is 4.83. The number of benzene rings is 1. The first-order valence-electron chi connectivity index (χ1n) is 5.60. The van der Waals surface area contributed by atoms with Crippen molar-refractivity contribution in [3.05, 3.63) is 51.2 Å². The molecule has 1 aromatic carbocycles. The van der Waals surface area contributed by atoms with Crippen LogP contribution in [-0.4, -0.2) is 9.78 Å². The zero-order chi connectivity index (χ0) is 13.3. The van der Waals surface area contributed by atoms with Crippen molar-refractivity contribution >= 4 is 27.5 Å². The number of aryl methyl sites for hydroxylation is 1. The summed E-state index contributed by atoms with van der Waals surface area (Å²) in [4.78, 5) is 0. The van der Waals surface area contributed by atoms with E-state index in [1.807, 2.05) is 44.6 Å². The van der Waals surface area contributed by atoms with Gasteiger partial charge < -0.3 is 5.73 Å². The summed E-state index contributed by atoms with van der Waals surface area (Å²) in [6.07, 6.45) is 4.50. The van der Waals surface area contributed by atoms with Crippen LogP contribution in [0.4, 0.5) is 0 Å². The fourth-order valence-corrected chi connectivity index (χ4v) is 2.92. The van der Waals surface area contributed by atoms with Crippen LogP contribution >= 0.6 is 27.5 Å². The molecule has 1 atom stereocenters. The number of hydrogen-bond acceptors (Lipinski definition) is 2. The van der Waals surface area contributed by atoms with Crippen molar-refractivity contribution in [3.8, 4) is 0 Å². The van der Waals surface area contributed by atoms with Gasteiger partial charge >= 0.3 is 0 Å². The lowest BCUT2D eigenvalue weighted by Gasteiger charge is -2.26. The number of rotatable bonds is 3. The van der Waals surface area contributed by atoms with Gasteiger partial charge in [-0.25, -0.2) is 0 Å². The Labute approximate surface area is 120 Å². The number of aromatic nitrogens is 2. The van der Waals surface area contributed by atoms with Gasteiger partial charge in [0.2, 0.25) is 0 Å². The fourth-order valence-electron chi connectivity index (χ4n) is 2.04. The molecule has 0 amide bonds. The zero-order valence-electron chi connectivity index (χ0n) is 10.3. The molecule has 3 nitrogen and oxygen atoms in total. The van der Waals surface area contributed by atoms with E-state index in [0.717, 1.165) is 15.6 Å². The van der Waals surface area contributed by atoms with Gasteiger partial charge in [-0.2, -0.15) is 5.10 Å². The van der Waals surface area contributed by atoms with E-state index in [9.17, 15) is 0 Å². The van der Waals surface area contributed by atoms with Crippen molar-refractivity contribution in [2.24, 2.45) is 12.8 Å². The molecule has 2 aromatic rings. The highest BCUT2D eigenvalue weighted by Crippen LogP contribution is 2.31.